The van der Waals surface area contributed by atoms with Crippen LogP contribution in [0.4, 0.5) is 25.1 Å². The van der Waals surface area contributed by atoms with E-state index in [9.17, 15) is 18.0 Å². The predicted octanol–water partition coefficient (Wildman–Crippen LogP) is 1.62. The molecule has 1 aliphatic heterocycles. The van der Waals surface area contributed by atoms with Crippen LogP contribution in [0.3, 0.4) is 0 Å². The lowest BCUT2D eigenvalue weighted by Gasteiger charge is -2.33. The number of anilines is 2. The third-order valence-electron chi connectivity index (χ3n) is 3.95. The lowest BCUT2D eigenvalue weighted by molar-refractivity contribution is -0.192. The van der Waals surface area contributed by atoms with Crippen molar-refractivity contribution >= 4 is 23.8 Å². The number of hydrogen-bond acceptors (Lipinski definition) is 7. The third-order valence-corrected chi connectivity index (χ3v) is 3.95. The van der Waals surface area contributed by atoms with Gasteiger partial charge in [0.1, 0.15) is 0 Å². The Morgan fingerprint density at radius 2 is 1.93 bits per heavy atom. The molecule has 0 radical (unpaired) electrons. The van der Waals surface area contributed by atoms with Crippen LogP contribution in [0.5, 0.6) is 0 Å². The Hall–Kier alpha value is -3.38. The fourth-order valence-corrected chi connectivity index (χ4v) is 2.67. The van der Waals surface area contributed by atoms with Crippen LogP contribution < -0.4 is 10.2 Å². The summed E-state index contributed by atoms with van der Waals surface area (Å²) in [7, 11) is 1.97. The number of rotatable bonds is 4. The maximum atomic E-state index is 11.0. The number of aromatic carboxylic acids is 1. The number of hydrogen-bond donors (Lipinski definition) is 3. The van der Waals surface area contributed by atoms with Gasteiger partial charge in [-0.15, -0.1) is 0 Å². The van der Waals surface area contributed by atoms with Gasteiger partial charge in [0, 0.05) is 44.8 Å². The molecule has 3 heterocycles. The maximum Gasteiger partial charge on any atom is 0.490 e. The molecule has 0 saturated carbocycles. The van der Waals surface area contributed by atoms with E-state index in [1.54, 1.807) is 6.20 Å². The second kappa shape index (κ2) is 9.21. The van der Waals surface area contributed by atoms with Crippen LogP contribution in [-0.2, 0) is 11.8 Å². The first-order valence-electron chi connectivity index (χ1n) is 8.43. The van der Waals surface area contributed by atoms with Crippen molar-refractivity contribution in [1.29, 1.82) is 0 Å². The second-order valence-electron chi connectivity index (χ2n) is 6.14. The van der Waals surface area contributed by atoms with Crippen LogP contribution in [0.25, 0.3) is 0 Å². The number of aryl methyl sites for hydroxylation is 1. The molecule has 1 aliphatic rings. The summed E-state index contributed by atoms with van der Waals surface area (Å²) in [5, 5.41) is 19.3. The van der Waals surface area contributed by atoms with E-state index in [-0.39, 0.29) is 11.7 Å². The summed E-state index contributed by atoms with van der Waals surface area (Å²) in [6.07, 6.45) is 2.10. The van der Waals surface area contributed by atoms with E-state index in [0.29, 0.717) is 5.95 Å². The highest BCUT2D eigenvalue weighted by molar-refractivity contribution is 5.85. The summed E-state index contributed by atoms with van der Waals surface area (Å²) >= 11 is 0. The van der Waals surface area contributed by atoms with Crippen molar-refractivity contribution in [2.45, 2.75) is 25.1 Å². The second-order valence-corrected chi connectivity index (χ2v) is 6.14. The van der Waals surface area contributed by atoms with Gasteiger partial charge in [-0.1, -0.05) is 0 Å². The average molecular weight is 416 g/mol. The number of nitrogens with one attached hydrogen (secondary N) is 1. The standard InChI is InChI=1S/C14H18N6O2.C2HF3O2/c1-19-8-6-16-14(19)20-7-2-3-10(9-20)17-13-15-5-4-11(18-13)12(21)22;3-2(4,5)1(6)7/h4-6,8,10H,2-3,7,9H2,1H3,(H,21,22)(H,15,17,18);(H,6,7). The van der Waals surface area contributed by atoms with Gasteiger partial charge in [0.25, 0.3) is 0 Å². The minimum atomic E-state index is -5.08. The zero-order valence-corrected chi connectivity index (χ0v) is 15.3. The Morgan fingerprint density at radius 3 is 2.48 bits per heavy atom. The zero-order chi connectivity index (χ0) is 21.6. The van der Waals surface area contributed by atoms with Crippen LogP contribution in [-0.4, -0.2) is 67.0 Å². The Labute approximate surface area is 163 Å². The molecule has 2 aromatic rings. The summed E-state index contributed by atoms with van der Waals surface area (Å²) in [6, 6.07) is 1.55. The Bertz CT molecular complexity index is 857. The summed E-state index contributed by atoms with van der Waals surface area (Å²) in [6.45, 7) is 1.74. The van der Waals surface area contributed by atoms with Crippen molar-refractivity contribution in [3.8, 4) is 0 Å². The molecule has 1 unspecified atom stereocenters. The molecule has 1 saturated heterocycles. The minimum absolute atomic E-state index is 0.00531. The number of aliphatic carboxylic acids is 1. The van der Waals surface area contributed by atoms with E-state index in [1.807, 2.05) is 17.8 Å². The maximum absolute atomic E-state index is 11.0. The van der Waals surface area contributed by atoms with E-state index < -0.39 is 18.1 Å². The van der Waals surface area contributed by atoms with Crippen molar-refractivity contribution in [3.63, 3.8) is 0 Å². The zero-order valence-electron chi connectivity index (χ0n) is 15.3. The van der Waals surface area contributed by atoms with Crippen LogP contribution in [0.1, 0.15) is 23.3 Å². The number of carbonyl (C=O) groups is 2. The first kappa shape index (κ1) is 21.9. The molecule has 10 nitrogen and oxygen atoms in total. The molecule has 0 spiro atoms. The average Bonchev–Trinajstić information content (AvgIpc) is 3.08. The van der Waals surface area contributed by atoms with Gasteiger partial charge in [0.05, 0.1) is 0 Å². The molecule has 158 valence electrons. The molecule has 0 aliphatic carbocycles. The number of alkyl halides is 3. The van der Waals surface area contributed by atoms with E-state index >= 15 is 0 Å². The monoisotopic (exact) mass is 416 g/mol. The van der Waals surface area contributed by atoms with Crippen molar-refractivity contribution in [3.05, 3.63) is 30.4 Å². The van der Waals surface area contributed by atoms with Gasteiger partial charge in [0.2, 0.25) is 11.9 Å². The largest absolute Gasteiger partial charge is 0.490 e. The summed E-state index contributed by atoms with van der Waals surface area (Å²) in [5.41, 5.74) is -0.00531. The summed E-state index contributed by atoms with van der Waals surface area (Å²) in [5.74, 6) is -2.52. The Balaban J connectivity index is 0.000000370. The fourth-order valence-electron chi connectivity index (χ4n) is 2.67. The van der Waals surface area contributed by atoms with Crippen molar-refractivity contribution in [1.82, 2.24) is 19.5 Å². The predicted molar refractivity (Wildman–Crippen MR) is 94.7 cm³/mol. The van der Waals surface area contributed by atoms with Crippen LogP contribution >= 0.6 is 0 Å². The van der Waals surface area contributed by atoms with Crippen molar-refractivity contribution < 1.29 is 33.0 Å². The van der Waals surface area contributed by atoms with E-state index in [2.05, 4.69) is 25.2 Å². The first-order chi connectivity index (χ1) is 13.6. The molecular weight excluding hydrogens is 397 g/mol. The molecule has 3 N–H and O–H groups in total. The van der Waals surface area contributed by atoms with Crippen LogP contribution in [0, 0.1) is 0 Å². The van der Waals surface area contributed by atoms with Gasteiger partial charge in [-0.05, 0) is 18.9 Å². The molecule has 1 fully saturated rings. The molecule has 0 amide bonds. The highest BCUT2D eigenvalue weighted by Crippen LogP contribution is 2.19. The smallest absolute Gasteiger partial charge is 0.477 e. The topological polar surface area (TPSA) is 133 Å². The fraction of sp³-hybridized carbons (Fsp3) is 0.438. The SMILES string of the molecule is Cn1ccnc1N1CCCC(Nc2nccc(C(=O)O)n2)C1.O=C(O)C(F)(F)F. The summed E-state index contributed by atoms with van der Waals surface area (Å²) in [4.78, 5) is 34.5. The van der Waals surface area contributed by atoms with Crippen molar-refractivity contribution in [2.75, 3.05) is 23.3 Å². The normalized spacial score (nSPS) is 16.6. The van der Waals surface area contributed by atoms with Gasteiger partial charge >= 0.3 is 18.1 Å². The van der Waals surface area contributed by atoms with Gasteiger partial charge in [-0.25, -0.2) is 24.5 Å². The lowest BCUT2D eigenvalue weighted by Crippen LogP contribution is -2.43. The van der Waals surface area contributed by atoms with Crippen molar-refractivity contribution in [2.24, 2.45) is 7.05 Å². The number of aromatic nitrogens is 4. The first-order valence-corrected chi connectivity index (χ1v) is 8.43. The molecule has 0 aromatic carbocycles. The summed E-state index contributed by atoms with van der Waals surface area (Å²) < 4.78 is 33.7. The van der Waals surface area contributed by atoms with Gasteiger partial charge in [-0.3, -0.25) is 0 Å². The van der Waals surface area contributed by atoms with Crippen LogP contribution in [0.15, 0.2) is 24.7 Å². The highest BCUT2D eigenvalue weighted by Gasteiger charge is 2.38. The number of halogens is 3. The number of imidazole rings is 1. The molecule has 2 aromatic heterocycles. The van der Waals surface area contributed by atoms with Crippen LogP contribution in [0.2, 0.25) is 0 Å². The van der Waals surface area contributed by atoms with Gasteiger partial charge in [-0.2, -0.15) is 13.2 Å². The highest BCUT2D eigenvalue weighted by atomic mass is 19.4. The van der Waals surface area contributed by atoms with Gasteiger partial charge in [0.15, 0.2) is 5.69 Å². The van der Waals surface area contributed by atoms with E-state index in [0.717, 1.165) is 31.9 Å². The number of nitrogens with zero attached hydrogens (tertiary/aromatic N) is 5. The molecule has 13 heteroatoms. The lowest BCUT2D eigenvalue weighted by atomic mass is 10.1. The Morgan fingerprint density at radius 1 is 1.24 bits per heavy atom. The quantitative estimate of drug-likeness (QED) is 0.680. The number of carboxylic acid groups (broad SMARTS) is 2. The minimum Gasteiger partial charge on any atom is -0.477 e. The molecular formula is C16H19F3N6O4. The third kappa shape index (κ3) is 6.33. The van der Waals surface area contributed by atoms with E-state index in [4.69, 9.17) is 15.0 Å². The van der Waals surface area contributed by atoms with E-state index in [1.165, 1.54) is 12.3 Å². The van der Waals surface area contributed by atoms with Gasteiger partial charge < -0.3 is 25.0 Å². The molecule has 0 bridgehead atoms. The molecule has 29 heavy (non-hydrogen) atoms. The Kier molecular flexibility index (Phi) is 6.96. The number of piperidine rings is 1. The molecule has 3 rings (SSSR count). The number of carboxylic acids is 2. The molecule has 1 atom stereocenters.